The van der Waals surface area contributed by atoms with E-state index in [4.69, 9.17) is 14.2 Å². The van der Waals surface area contributed by atoms with Crippen molar-refractivity contribution >= 4 is 5.78 Å². The van der Waals surface area contributed by atoms with Crippen LogP contribution in [-0.4, -0.2) is 19.7 Å². The lowest BCUT2D eigenvalue weighted by Crippen LogP contribution is -1.99. The molecular weight excluding hydrogens is 208 g/mol. The van der Waals surface area contributed by atoms with Gasteiger partial charge in [0.2, 0.25) is 6.79 Å². The Labute approximate surface area is 94.1 Å². The molecule has 4 nitrogen and oxygen atoms in total. The zero-order valence-corrected chi connectivity index (χ0v) is 9.41. The van der Waals surface area contributed by atoms with Gasteiger partial charge in [-0.2, -0.15) is 0 Å². The fraction of sp³-hybridized carbons (Fsp3) is 0.417. The highest BCUT2D eigenvalue weighted by Gasteiger charge is 2.22. The molecule has 1 aromatic rings. The van der Waals surface area contributed by atoms with Gasteiger partial charge in [0, 0.05) is 24.7 Å². The van der Waals surface area contributed by atoms with Gasteiger partial charge in [-0.3, -0.25) is 4.79 Å². The number of ether oxygens (including phenoxy) is 3. The molecule has 0 fully saturated rings. The summed E-state index contributed by atoms with van der Waals surface area (Å²) in [6.07, 6.45) is 0.374. The molecule has 0 saturated carbocycles. The van der Waals surface area contributed by atoms with E-state index in [0.29, 0.717) is 24.5 Å². The second-order valence-electron chi connectivity index (χ2n) is 3.76. The van der Waals surface area contributed by atoms with Crippen molar-refractivity contribution in [1.82, 2.24) is 0 Å². The molecule has 86 valence electrons. The monoisotopic (exact) mass is 222 g/mol. The first-order valence-corrected chi connectivity index (χ1v) is 5.11. The standard InChI is InChI=1S/C12H14O4/c1-8(13)5-9-3-4-10(6-14-2)12-11(9)15-7-16-12/h3-4H,5-7H2,1-2H3. The number of benzene rings is 1. The average Bonchev–Trinajstić information content (AvgIpc) is 2.70. The summed E-state index contributed by atoms with van der Waals surface area (Å²) in [6.45, 7) is 2.25. The van der Waals surface area contributed by atoms with E-state index in [1.807, 2.05) is 12.1 Å². The van der Waals surface area contributed by atoms with E-state index in [2.05, 4.69) is 0 Å². The number of ketones is 1. The summed E-state index contributed by atoms with van der Waals surface area (Å²) >= 11 is 0. The lowest BCUT2D eigenvalue weighted by Gasteiger charge is -2.08. The maximum absolute atomic E-state index is 11.1. The first-order chi connectivity index (χ1) is 7.72. The topological polar surface area (TPSA) is 44.8 Å². The van der Waals surface area contributed by atoms with Crippen LogP contribution in [0.15, 0.2) is 12.1 Å². The Morgan fingerprint density at radius 3 is 2.56 bits per heavy atom. The van der Waals surface area contributed by atoms with Crippen molar-refractivity contribution < 1.29 is 19.0 Å². The van der Waals surface area contributed by atoms with Crippen molar-refractivity contribution in [3.05, 3.63) is 23.3 Å². The van der Waals surface area contributed by atoms with Gasteiger partial charge in [-0.15, -0.1) is 0 Å². The Hall–Kier alpha value is -1.55. The SMILES string of the molecule is COCc1ccc(CC(C)=O)c2c1OCO2. The fourth-order valence-electron chi connectivity index (χ4n) is 1.78. The maximum atomic E-state index is 11.1. The zero-order chi connectivity index (χ0) is 11.5. The zero-order valence-electron chi connectivity index (χ0n) is 9.41. The van der Waals surface area contributed by atoms with E-state index in [0.717, 1.165) is 11.1 Å². The van der Waals surface area contributed by atoms with Crippen LogP contribution in [0.4, 0.5) is 0 Å². The number of fused-ring (bicyclic) bond motifs is 1. The van der Waals surface area contributed by atoms with Crippen molar-refractivity contribution in [1.29, 1.82) is 0 Å². The third-order valence-electron chi connectivity index (χ3n) is 2.42. The third kappa shape index (κ3) is 2.02. The van der Waals surface area contributed by atoms with E-state index in [-0.39, 0.29) is 12.6 Å². The minimum atomic E-state index is 0.109. The minimum Gasteiger partial charge on any atom is -0.453 e. The van der Waals surface area contributed by atoms with Crippen LogP contribution < -0.4 is 9.47 Å². The highest BCUT2D eigenvalue weighted by Crippen LogP contribution is 2.39. The number of methoxy groups -OCH3 is 1. The smallest absolute Gasteiger partial charge is 0.231 e. The molecular formula is C12H14O4. The predicted octanol–water partition coefficient (Wildman–Crippen LogP) is 1.69. The van der Waals surface area contributed by atoms with Crippen molar-refractivity contribution in [3.8, 4) is 11.5 Å². The third-order valence-corrected chi connectivity index (χ3v) is 2.42. The Balaban J connectivity index is 2.36. The number of hydrogen-bond donors (Lipinski definition) is 0. The van der Waals surface area contributed by atoms with Gasteiger partial charge in [0.25, 0.3) is 0 Å². The van der Waals surface area contributed by atoms with Crippen LogP contribution in [0, 0.1) is 0 Å². The van der Waals surface area contributed by atoms with Gasteiger partial charge in [0.15, 0.2) is 11.5 Å². The van der Waals surface area contributed by atoms with E-state index in [1.165, 1.54) is 0 Å². The van der Waals surface area contributed by atoms with Crippen LogP contribution in [0.1, 0.15) is 18.1 Å². The van der Waals surface area contributed by atoms with Crippen molar-refractivity contribution in [3.63, 3.8) is 0 Å². The highest BCUT2D eigenvalue weighted by molar-refractivity contribution is 5.79. The number of carbonyl (C=O) groups is 1. The van der Waals surface area contributed by atoms with Gasteiger partial charge in [-0.05, 0) is 6.92 Å². The summed E-state index contributed by atoms with van der Waals surface area (Å²) in [5.74, 6) is 1.50. The summed E-state index contributed by atoms with van der Waals surface area (Å²) in [4.78, 5) is 11.1. The molecule has 1 aliphatic heterocycles. The molecule has 0 aliphatic carbocycles. The van der Waals surface area contributed by atoms with Crippen LogP contribution >= 0.6 is 0 Å². The summed E-state index contributed by atoms with van der Waals surface area (Å²) in [7, 11) is 1.63. The second kappa shape index (κ2) is 4.53. The summed E-state index contributed by atoms with van der Waals surface area (Å²) < 4.78 is 15.8. The molecule has 2 rings (SSSR count). The Bertz CT molecular complexity index is 412. The number of rotatable bonds is 4. The van der Waals surface area contributed by atoms with Crippen LogP contribution in [0.2, 0.25) is 0 Å². The Morgan fingerprint density at radius 1 is 1.31 bits per heavy atom. The molecule has 0 amide bonds. The van der Waals surface area contributed by atoms with Crippen LogP contribution in [0.3, 0.4) is 0 Å². The van der Waals surface area contributed by atoms with Crippen molar-refractivity contribution in [2.75, 3.05) is 13.9 Å². The van der Waals surface area contributed by atoms with E-state index < -0.39 is 0 Å². The second-order valence-corrected chi connectivity index (χ2v) is 3.76. The minimum absolute atomic E-state index is 0.109. The largest absolute Gasteiger partial charge is 0.453 e. The quantitative estimate of drug-likeness (QED) is 0.777. The highest BCUT2D eigenvalue weighted by atomic mass is 16.7. The lowest BCUT2D eigenvalue weighted by molar-refractivity contribution is -0.116. The normalized spacial score (nSPS) is 12.9. The van der Waals surface area contributed by atoms with Gasteiger partial charge >= 0.3 is 0 Å². The molecule has 0 radical (unpaired) electrons. The molecule has 1 aromatic carbocycles. The molecule has 0 N–H and O–H groups in total. The predicted molar refractivity (Wildman–Crippen MR) is 57.7 cm³/mol. The number of Topliss-reactive ketones (excluding diaryl/α,β-unsaturated/α-hetero) is 1. The fourth-order valence-corrected chi connectivity index (χ4v) is 1.78. The van der Waals surface area contributed by atoms with Crippen LogP contribution in [0.5, 0.6) is 11.5 Å². The van der Waals surface area contributed by atoms with E-state index >= 15 is 0 Å². The van der Waals surface area contributed by atoms with Gasteiger partial charge < -0.3 is 14.2 Å². The molecule has 0 aromatic heterocycles. The summed E-state index contributed by atoms with van der Waals surface area (Å²) in [5, 5.41) is 0. The van der Waals surface area contributed by atoms with Crippen LogP contribution in [-0.2, 0) is 22.6 Å². The Kier molecular flexibility index (Phi) is 3.10. The molecule has 0 spiro atoms. The molecule has 16 heavy (non-hydrogen) atoms. The number of hydrogen-bond acceptors (Lipinski definition) is 4. The van der Waals surface area contributed by atoms with Gasteiger partial charge in [0.1, 0.15) is 5.78 Å². The lowest BCUT2D eigenvalue weighted by atomic mass is 10.0. The number of carbonyl (C=O) groups excluding carboxylic acids is 1. The van der Waals surface area contributed by atoms with Crippen LogP contribution in [0.25, 0.3) is 0 Å². The average molecular weight is 222 g/mol. The van der Waals surface area contributed by atoms with Crippen molar-refractivity contribution in [2.24, 2.45) is 0 Å². The first-order valence-electron chi connectivity index (χ1n) is 5.11. The molecule has 4 heteroatoms. The van der Waals surface area contributed by atoms with E-state index in [1.54, 1.807) is 14.0 Å². The van der Waals surface area contributed by atoms with E-state index in [9.17, 15) is 4.79 Å². The van der Waals surface area contributed by atoms with Gasteiger partial charge in [0.05, 0.1) is 6.61 Å². The summed E-state index contributed by atoms with van der Waals surface area (Å²) in [5.41, 5.74) is 1.82. The first kappa shape index (κ1) is 11.0. The Morgan fingerprint density at radius 2 is 1.94 bits per heavy atom. The molecule has 0 unspecified atom stereocenters. The van der Waals surface area contributed by atoms with Crippen molar-refractivity contribution in [2.45, 2.75) is 20.0 Å². The van der Waals surface area contributed by atoms with Gasteiger partial charge in [-0.25, -0.2) is 0 Å². The maximum Gasteiger partial charge on any atom is 0.231 e. The molecule has 0 bridgehead atoms. The summed E-state index contributed by atoms with van der Waals surface area (Å²) in [6, 6.07) is 3.80. The molecule has 0 atom stereocenters. The molecule has 1 aliphatic rings. The molecule has 1 heterocycles. The molecule has 0 saturated heterocycles. The van der Waals surface area contributed by atoms with Gasteiger partial charge in [-0.1, -0.05) is 12.1 Å².